The summed E-state index contributed by atoms with van der Waals surface area (Å²) in [6.07, 6.45) is 4.18. The Kier molecular flexibility index (Phi) is 3.06. The van der Waals surface area contributed by atoms with Crippen LogP contribution in [-0.4, -0.2) is 6.54 Å². The van der Waals surface area contributed by atoms with E-state index >= 15 is 0 Å². The minimum absolute atomic E-state index is 0.990. The molecular formula is C15H16BrN. The van der Waals surface area contributed by atoms with Crippen molar-refractivity contribution in [2.45, 2.75) is 19.3 Å². The third kappa shape index (κ3) is 2.47. The molecule has 88 valence electrons. The van der Waals surface area contributed by atoms with Crippen molar-refractivity contribution in [3.8, 4) is 0 Å². The number of halogens is 1. The number of anilines is 1. The molecule has 2 aromatic carbocycles. The summed E-state index contributed by atoms with van der Waals surface area (Å²) in [4.78, 5) is 0. The second-order valence-corrected chi connectivity index (χ2v) is 5.65. The van der Waals surface area contributed by atoms with E-state index in [1.165, 1.54) is 40.2 Å². The van der Waals surface area contributed by atoms with Crippen LogP contribution in [0.15, 0.2) is 40.9 Å². The normalized spacial score (nSPS) is 15.1. The zero-order valence-electron chi connectivity index (χ0n) is 9.75. The summed E-state index contributed by atoms with van der Waals surface area (Å²) < 4.78 is 1.17. The second-order valence-electron chi connectivity index (χ2n) is 4.80. The van der Waals surface area contributed by atoms with E-state index in [0.29, 0.717) is 0 Å². The molecule has 0 aromatic heterocycles. The molecule has 0 spiro atoms. The average molecular weight is 290 g/mol. The predicted molar refractivity (Wildman–Crippen MR) is 77.5 cm³/mol. The number of nitrogens with one attached hydrogen (secondary N) is 1. The molecular weight excluding hydrogens is 274 g/mol. The molecule has 1 aliphatic carbocycles. The lowest BCUT2D eigenvalue weighted by molar-refractivity contribution is 0.761. The third-order valence-electron chi connectivity index (χ3n) is 3.44. The van der Waals surface area contributed by atoms with Crippen molar-refractivity contribution >= 4 is 32.4 Å². The maximum atomic E-state index is 3.60. The summed E-state index contributed by atoms with van der Waals surface area (Å²) in [7, 11) is 0. The van der Waals surface area contributed by atoms with Crippen LogP contribution in [0, 0.1) is 5.92 Å². The van der Waals surface area contributed by atoms with Crippen molar-refractivity contribution in [1.82, 2.24) is 0 Å². The molecule has 3 rings (SSSR count). The van der Waals surface area contributed by atoms with E-state index in [1.807, 2.05) is 0 Å². The summed E-state index contributed by atoms with van der Waals surface area (Å²) >= 11 is 3.60. The minimum atomic E-state index is 0.990. The monoisotopic (exact) mass is 289 g/mol. The third-order valence-corrected chi connectivity index (χ3v) is 4.13. The van der Waals surface area contributed by atoms with E-state index in [9.17, 15) is 0 Å². The summed E-state index contributed by atoms with van der Waals surface area (Å²) in [6.45, 7) is 1.09. The first kappa shape index (κ1) is 11.1. The summed E-state index contributed by atoms with van der Waals surface area (Å²) in [6, 6.07) is 12.8. The van der Waals surface area contributed by atoms with Gasteiger partial charge < -0.3 is 5.32 Å². The van der Waals surface area contributed by atoms with Gasteiger partial charge in [0.1, 0.15) is 0 Å². The second kappa shape index (κ2) is 4.69. The Balaban J connectivity index is 1.84. The molecule has 0 radical (unpaired) electrons. The van der Waals surface area contributed by atoms with Gasteiger partial charge in [-0.2, -0.15) is 0 Å². The fourth-order valence-corrected chi connectivity index (χ4v) is 2.71. The van der Waals surface area contributed by atoms with Crippen LogP contribution in [0.2, 0.25) is 0 Å². The van der Waals surface area contributed by atoms with Gasteiger partial charge in [0.25, 0.3) is 0 Å². The van der Waals surface area contributed by atoms with Crippen molar-refractivity contribution in [2.24, 2.45) is 5.92 Å². The van der Waals surface area contributed by atoms with Crippen molar-refractivity contribution in [2.75, 3.05) is 11.9 Å². The molecule has 17 heavy (non-hydrogen) atoms. The fourth-order valence-electron chi connectivity index (χ4n) is 2.23. The van der Waals surface area contributed by atoms with Gasteiger partial charge in [-0.15, -0.1) is 0 Å². The van der Waals surface area contributed by atoms with Crippen LogP contribution in [0.1, 0.15) is 19.3 Å². The smallest absolute Gasteiger partial charge is 0.0420 e. The average Bonchev–Trinajstić information content (AvgIpc) is 3.17. The van der Waals surface area contributed by atoms with Crippen LogP contribution < -0.4 is 5.32 Å². The molecule has 0 atom stereocenters. The lowest BCUT2D eigenvalue weighted by atomic mass is 10.1. The summed E-state index contributed by atoms with van der Waals surface area (Å²) in [5.41, 5.74) is 1.25. The molecule has 1 nitrogen and oxygen atoms in total. The minimum Gasteiger partial charge on any atom is -0.385 e. The SMILES string of the molecule is Brc1ccc(NCCC2CC2)c2ccccc12. The van der Waals surface area contributed by atoms with E-state index < -0.39 is 0 Å². The Hall–Kier alpha value is -1.02. The zero-order valence-corrected chi connectivity index (χ0v) is 11.3. The highest BCUT2D eigenvalue weighted by atomic mass is 79.9. The predicted octanol–water partition coefficient (Wildman–Crippen LogP) is 4.81. The van der Waals surface area contributed by atoms with Gasteiger partial charge in [0.05, 0.1) is 0 Å². The maximum Gasteiger partial charge on any atom is 0.0420 e. The molecule has 1 N–H and O–H groups in total. The Morgan fingerprint density at radius 2 is 1.82 bits per heavy atom. The molecule has 0 aliphatic heterocycles. The molecule has 0 amide bonds. The Labute approximate surface area is 110 Å². The lowest BCUT2D eigenvalue weighted by Crippen LogP contribution is -2.02. The number of fused-ring (bicyclic) bond motifs is 1. The van der Waals surface area contributed by atoms with Crippen molar-refractivity contribution in [3.05, 3.63) is 40.9 Å². The van der Waals surface area contributed by atoms with E-state index in [4.69, 9.17) is 0 Å². The number of rotatable bonds is 4. The first-order valence-electron chi connectivity index (χ1n) is 6.26. The quantitative estimate of drug-likeness (QED) is 0.851. The molecule has 0 saturated heterocycles. The van der Waals surface area contributed by atoms with E-state index in [0.717, 1.165) is 12.5 Å². The highest BCUT2D eigenvalue weighted by molar-refractivity contribution is 9.10. The Morgan fingerprint density at radius 1 is 1.06 bits per heavy atom. The van der Waals surface area contributed by atoms with Crippen molar-refractivity contribution in [1.29, 1.82) is 0 Å². The van der Waals surface area contributed by atoms with Crippen molar-refractivity contribution < 1.29 is 0 Å². The van der Waals surface area contributed by atoms with Crippen molar-refractivity contribution in [3.63, 3.8) is 0 Å². The largest absolute Gasteiger partial charge is 0.385 e. The standard InChI is InChI=1S/C15H16BrN/c16-14-7-8-15(17-10-9-11-5-6-11)13-4-2-1-3-12(13)14/h1-4,7-8,11,17H,5-6,9-10H2. The Bertz CT molecular complexity index is 531. The zero-order chi connectivity index (χ0) is 11.7. The van der Waals surface area contributed by atoms with Crippen LogP contribution in [0.5, 0.6) is 0 Å². The topological polar surface area (TPSA) is 12.0 Å². The van der Waals surface area contributed by atoms with Gasteiger partial charge in [-0.25, -0.2) is 0 Å². The van der Waals surface area contributed by atoms with Crippen LogP contribution in [-0.2, 0) is 0 Å². The summed E-state index contributed by atoms with van der Waals surface area (Å²) in [5, 5.41) is 6.15. The highest BCUT2D eigenvalue weighted by Crippen LogP contribution is 2.33. The fraction of sp³-hybridized carbons (Fsp3) is 0.333. The number of hydrogen-bond acceptors (Lipinski definition) is 1. The molecule has 1 fully saturated rings. The molecule has 0 unspecified atom stereocenters. The first-order chi connectivity index (χ1) is 8.34. The molecule has 0 bridgehead atoms. The van der Waals surface area contributed by atoms with Crippen LogP contribution in [0.25, 0.3) is 10.8 Å². The number of hydrogen-bond donors (Lipinski definition) is 1. The van der Waals surface area contributed by atoms with Gasteiger partial charge in [-0.1, -0.05) is 53.0 Å². The molecule has 2 aromatic rings. The molecule has 2 heteroatoms. The van der Waals surface area contributed by atoms with Crippen LogP contribution >= 0.6 is 15.9 Å². The van der Waals surface area contributed by atoms with Gasteiger partial charge in [0.15, 0.2) is 0 Å². The molecule has 0 heterocycles. The summed E-state index contributed by atoms with van der Waals surface area (Å²) in [5.74, 6) is 0.990. The van der Waals surface area contributed by atoms with Gasteiger partial charge in [-0.3, -0.25) is 0 Å². The van der Waals surface area contributed by atoms with Gasteiger partial charge in [-0.05, 0) is 29.9 Å². The van der Waals surface area contributed by atoms with Gasteiger partial charge in [0.2, 0.25) is 0 Å². The lowest BCUT2D eigenvalue weighted by Gasteiger charge is -2.10. The highest BCUT2D eigenvalue weighted by Gasteiger charge is 2.20. The molecule has 1 aliphatic rings. The molecule has 1 saturated carbocycles. The maximum absolute atomic E-state index is 3.60. The van der Waals surface area contributed by atoms with Crippen LogP contribution in [0.3, 0.4) is 0 Å². The van der Waals surface area contributed by atoms with Crippen LogP contribution in [0.4, 0.5) is 5.69 Å². The van der Waals surface area contributed by atoms with Gasteiger partial charge in [0, 0.05) is 22.1 Å². The number of benzene rings is 2. The Morgan fingerprint density at radius 3 is 2.59 bits per heavy atom. The van der Waals surface area contributed by atoms with E-state index in [1.54, 1.807) is 0 Å². The van der Waals surface area contributed by atoms with E-state index in [2.05, 4.69) is 57.6 Å². The van der Waals surface area contributed by atoms with Gasteiger partial charge >= 0.3 is 0 Å². The van der Waals surface area contributed by atoms with E-state index in [-0.39, 0.29) is 0 Å². The first-order valence-corrected chi connectivity index (χ1v) is 7.05.